The number of nitrogens with one attached hydrogen (secondary N) is 1. The van der Waals surface area contributed by atoms with E-state index < -0.39 is 0 Å². The van der Waals surface area contributed by atoms with Gasteiger partial charge in [0.15, 0.2) is 0 Å². The van der Waals surface area contributed by atoms with Crippen molar-refractivity contribution in [2.24, 2.45) is 0 Å². The largest absolute Gasteiger partial charge is 0.325 e. The number of likely N-dealkylation sites (tertiary alicyclic amines) is 1. The van der Waals surface area contributed by atoms with Gasteiger partial charge in [-0.15, -0.1) is 0 Å². The first kappa shape index (κ1) is 14.4. The van der Waals surface area contributed by atoms with E-state index in [-0.39, 0.29) is 11.9 Å². The molecule has 19 heavy (non-hydrogen) atoms. The molecule has 1 aliphatic heterocycles. The maximum atomic E-state index is 12.2. The highest BCUT2D eigenvalue weighted by molar-refractivity contribution is 6.30. The van der Waals surface area contributed by atoms with E-state index in [0.717, 1.165) is 18.8 Å². The first-order chi connectivity index (χ1) is 9.16. The van der Waals surface area contributed by atoms with Crippen LogP contribution in [0.1, 0.15) is 32.6 Å². The van der Waals surface area contributed by atoms with Crippen molar-refractivity contribution in [1.29, 1.82) is 0 Å². The predicted molar refractivity (Wildman–Crippen MR) is 79.6 cm³/mol. The Morgan fingerprint density at radius 2 is 1.95 bits per heavy atom. The molecule has 2 rings (SSSR count). The standard InChI is InChI=1S/C15H21ClN2O/c1-12(18-9-4-2-3-5-10-18)15(19)17-14-8-6-7-13(16)11-14/h6-8,11-12H,2-5,9-10H2,1H3,(H,17,19)/t12-/m1/s1. The van der Waals surface area contributed by atoms with Crippen LogP contribution in [0.2, 0.25) is 5.02 Å². The zero-order chi connectivity index (χ0) is 13.7. The van der Waals surface area contributed by atoms with Gasteiger partial charge in [-0.1, -0.05) is 30.5 Å². The number of anilines is 1. The van der Waals surface area contributed by atoms with E-state index >= 15 is 0 Å². The number of carbonyl (C=O) groups is 1. The van der Waals surface area contributed by atoms with E-state index in [0.29, 0.717) is 5.02 Å². The Morgan fingerprint density at radius 1 is 1.26 bits per heavy atom. The number of amides is 1. The van der Waals surface area contributed by atoms with Gasteiger partial charge in [0.05, 0.1) is 6.04 Å². The van der Waals surface area contributed by atoms with Crippen molar-refractivity contribution in [3.05, 3.63) is 29.3 Å². The first-order valence-electron chi connectivity index (χ1n) is 6.97. The highest BCUT2D eigenvalue weighted by Crippen LogP contribution is 2.17. The first-order valence-corrected chi connectivity index (χ1v) is 7.35. The van der Waals surface area contributed by atoms with Gasteiger partial charge >= 0.3 is 0 Å². The summed E-state index contributed by atoms with van der Waals surface area (Å²) < 4.78 is 0. The second kappa shape index (κ2) is 6.92. The third kappa shape index (κ3) is 4.22. The molecule has 4 heteroatoms. The van der Waals surface area contributed by atoms with Crippen molar-refractivity contribution < 1.29 is 4.79 Å². The van der Waals surface area contributed by atoms with Gasteiger partial charge in [0.25, 0.3) is 0 Å². The molecule has 0 saturated carbocycles. The van der Waals surface area contributed by atoms with Gasteiger partial charge in [-0.3, -0.25) is 9.69 Å². The van der Waals surface area contributed by atoms with Crippen molar-refractivity contribution in [1.82, 2.24) is 4.90 Å². The Balaban J connectivity index is 1.94. The molecule has 0 spiro atoms. The Hall–Kier alpha value is -1.06. The van der Waals surface area contributed by atoms with Crippen molar-refractivity contribution >= 4 is 23.2 Å². The number of hydrogen-bond donors (Lipinski definition) is 1. The summed E-state index contributed by atoms with van der Waals surface area (Å²) in [5, 5.41) is 3.57. The van der Waals surface area contributed by atoms with Crippen molar-refractivity contribution in [2.75, 3.05) is 18.4 Å². The van der Waals surface area contributed by atoms with E-state index in [4.69, 9.17) is 11.6 Å². The molecule has 0 bridgehead atoms. The summed E-state index contributed by atoms with van der Waals surface area (Å²) in [7, 11) is 0. The molecule has 1 amide bonds. The van der Waals surface area contributed by atoms with Gasteiger partial charge < -0.3 is 5.32 Å². The normalized spacial score (nSPS) is 18.6. The summed E-state index contributed by atoms with van der Waals surface area (Å²) in [6, 6.07) is 7.19. The molecule has 1 heterocycles. The molecule has 0 radical (unpaired) electrons. The lowest BCUT2D eigenvalue weighted by atomic mass is 10.2. The van der Waals surface area contributed by atoms with E-state index in [1.807, 2.05) is 19.1 Å². The quantitative estimate of drug-likeness (QED) is 0.918. The number of carbonyl (C=O) groups excluding carboxylic acids is 1. The van der Waals surface area contributed by atoms with Gasteiger partial charge in [-0.2, -0.15) is 0 Å². The number of hydrogen-bond acceptors (Lipinski definition) is 2. The molecule has 0 aliphatic carbocycles. The molecule has 1 N–H and O–H groups in total. The van der Waals surface area contributed by atoms with Crippen molar-refractivity contribution in [2.45, 2.75) is 38.6 Å². The average molecular weight is 281 g/mol. The second-order valence-corrected chi connectivity index (χ2v) is 5.56. The molecule has 1 saturated heterocycles. The molecule has 1 aromatic rings. The van der Waals surface area contributed by atoms with Gasteiger partial charge in [0, 0.05) is 10.7 Å². The minimum Gasteiger partial charge on any atom is -0.325 e. The second-order valence-electron chi connectivity index (χ2n) is 5.13. The fourth-order valence-corrected chi connectivity index (χ4v) is 2.65. The van der Waals surface area contributed by atoms with Gasteiger partial charge in [-0.05, 0) is 51.1 Å². The molecule has 3 nitrogen and oxygen atoms in total. The van der Waals surface area contributed by atoms with Gasteiger partial charge in [0.2, 0.25) is 5.91 Å². The Labute approximate surface area is 119 Å². The average Bonchev–Trinajstić information content (AvgIpc) is 2.66. The van der Waals surface area contributed by atoms with E-state index in [2.05, 4.69) is 10.2 Å². The monoisotopic (exact) mass is 280 g/mol. The third-order valence-electron chi connectivity index (χ3n) is 3.66. The zero-order valence-electron chi connectivity index (χ0n) is 11.4. The Bertz CT molecular complexity index is 428. The summed E-state index contributed by atoms with van der Waals surface area (Å²) >= 11 is 5.92. The number of rotatable bonds is 3. The van der Waals surface area contributed by atoms with Gasteiger partial charge in [0.1, 0.15) is 0 Å². The van der Waals surface area contributed by atoms with Gasteiger partial charge in [-0.25, -0.2) is 0 Å². The smallest absolute Gasteiger partial charge is 0.241 e. The lowest BCUT2D eigenvalue weighted by molar-refractivity contribution is -0.120. The minimum atomic E-state index is -0.0860. The summed E-state index contributed by atoms with van der Waals surface area (Å²) in [6.07, 6.45) is 4.93. The van der Waals surface area contributed by atoms with Crippen LogP contribution in [-0.2, 0) is 4.79 Å². The molecular formula is C15H21ClN2O. The third-order valence-corrected chi connectivity index (χ3v) is 3.90. The highest BCUT2D eigenvalue weighted by atomic mass is 35.5. The molecule has 0 aromatic heterocycles. The maximum absolute atomic E-state index is 12.2. The van der Waals surface area contributed by atoms with Crippen LogP contribution >= 0.6 is 11.6 Å². The fraction of sp³-hybridized carbons (Fsp3) is 0.533. The summed E-state index contributed by atoms with van der Waals surface area (Å²) in [5.41, 5.74) is 0.763. The summed E-state index contributed by atoms with van der Waals surface area (Å²) in [5.74, 6) is 0.0455. The van der Waals surface area contributed by atoms with Crippen LogP contribution in [0, 0.1) is 0 Å². The fourth-order valence-electron chi connectivity index (χ4n) is 2.46. The van der Waals surface area contributed by atoms with Crippen LogP contribution in [0.15, 0.2) is 24.3 Å². The highest BCUT2D eigenvalue weighted by Gasteiger charge is 2.21. The summed E-state index contributed by atoms with van der Waals surface area (Å²) in [6.45, 7) is 4.01. The Kier molecular flexibility index (Phi) is 5.23. The number of benzene rings is 1. The molecule has 1 aliphatic rings. The molecule has 1 fully saturated rings. The van der Waals surface area contributed by atoms with Crippen molar-refractivity contribution in [3.8, 4) is 0 Å². The van der Waals surface area contributed by atoms with E-state index in [9.17, 15) is 4.79 Å². The maximum Gasteiger partial charge on any atom is 0.241 e. The van der Waals surface area contributed by atoms with E-state index in [1.54, 1.807) is 12.1 Å². The lowest BCUT2D eigenvalue weighted by Gasteiger charge is -2.26. The van der Waals surface area contributed by atoms with Crippen LogP contribution in [-0.4, -0.2) is 29.9 Å². The van der Waals surface area contributed by atoms with Crippen LogP contribution in [0.25, 0.3) is 0 Å². The number of nitrogens with zero attached hydrogens (tertiary/aromatic N) is 1. The van der Waals surface area contributed by atoms with Crippen LogP contribution in [0.3, 0.4) is 0 Å². The number of halogens is 1. The molecule has 1 atom stereocenters. The zero-order valence-corrected chi connectivity index (χ0v) is 12.1. The molecule has 1 aromatic carbocycles. The topological polar surface area (TPSA) is 32.3 Å². The minimum absolute atomic E-state index is 0.0455. The lowest BCUT2D eigenvalue weighted by Crippen LogP contribution is -2.42. The predicted octanol–water partition coefficient (Wildman–Crippen LogP) is 3.54. The molecular weight excluding hydrogens is 260 g/mol. The van der Waals surface area contributed by atoms with Crippen LogP contribution in [0.5, 0.6) is 0 Å². The van der Waals surface area contributed by atoms with Crippen LogP contribution < -0.4 is 5.32 Å². The Morgan fingerprint density at radius 3 is 2.58 bits per heavy atom. The summed E-state index contributed by atoms with van der Waals surface area (Å²) in [4.78, 5) is 14.5. The van der Waals surface area contributed by atoms with E-state index in [1.165, 1.54) is 25.7 Å². The SMILES string of the molecule is C[C@H](C(=O)Nc1cccc(Cl)c1)N1CCCCCC1. The molecule has 0 unspecified atom stereocenters. The molecule has 104 valence electrons. The van der Waals surface area contributed by atoms with Crippen molar-refractivity contribution in [3.63, 3.8) is 0 Å². The van der Waals surface area contributed by atoms with Crippen LogP contribution in [0.4, 0.5) is 5.69 Å².